The van der Waals surface area contributed by atoms with Crippen LogP contribution in [0.5, 0.6) is 0 Å². The number of esters is 1. The molecule has 1 saturated heterocycles. The van der Waals surface area contributed by atoms with Gasteiger partial charge in [-0.15, -0.1) is 0 Å². The molecule has 1 aliphatic rings. The summed E-state index contributed by atoms with van der Waals surface area (Å²) < 4.78 is 31.1. The number of benzene rings is 1. The quantitative estimate of drug-likeness (QED) is 0.867. The lowest BCUT2D eigenvalue weighted by Gasteiger charge is -2.29. The van der Waals surface area contributed by atoms with Crippen molar-refractivity contribution >= 4 is 5.97 Å². The number of carbonyl (C=O) groups excluding carboxylic acids is 1. The van der Waals surface area contributed by atoms with Crippen LogP contribution >= 0.6 is 0 Å². The van der Waals surface area contributed by atoms with E-state index in [9.17, 15) is 13.6 Å². The second-order valence-electron chi connectivity index (χ2n) is 5.32. The Balaban J connectivity index is 2.09. The lowest BCUT2D eigenvalue weighted by atomic mass is 9.85. The van der Waals surface area contributed by atoms with Crippen molar-refractivity contribution in [2.75, 3.05) is 20.2 Å². The first kappa shape index (κ1) is 14.9. The fourth-order valence-electron chi connectivity index (χ4n) is 2.59. The van der Waals surface area contributed by atoms with E-state index in [-0.39, 0.29) is 23.4 Å². The first-order chi connectivity index (χ1) is 9.41. The summed E-state index contributed by atoms with van der Waals surface area (Å²) in [6, 6.07) is 6.35. The first-order valence-electron chi connectivity index (χ1n) is 6.68. The summed E-state index contributed by atoms with van der Waals surface area (Å²) in [5, 5.41) is 3.19. The van der Waals surface area contributed by atoms with E-state index < -0.39 is 5.92 Å². The second-order valence-corrected chi connectivity index (χ2v) is 5.32. The highest BCUT2D eigenvalue weighted by atomic mass is 19.3. The van der Waals surface area contributed by atoms with Crippen molar-refractivity contribution in [1.82, 2.24) is 5.32 Å². The van der Waals surface area contributed by atoms with Crippen LogP contribution in [-0.4, -0.2) is 26.2 Å². The van der Waals surface area contributed by atoms with Crippen LogP contribution in [0.2, 0.25) is 0 Å². The maximum atomic E-state index is 13.2. The molecular formula is C15H19F2NO2. The van der Waals surface area contributed by atoms with E-state index in [1.54, 1.807) is 12.1 Å². The largest absolute Gasteiger partial charge is 0.469 e. The molecule has 5 heteroatoms. The van der Waals surface area contributed by atoms with Crippen LogP contribution in [0.1, 0.15) is 30.4 Å². The zero-order valence-electron chi connectivity index (χ0n) is 11.7. The molecular weight excluding hydrogens is 264 g/mol. The van der Waals surface area contributed by atoms with Crippen molar-refractivity contribution in [2.24, 2.45) is 5.92 Å². The summed E-state index contributed by atoms with van der Waals surface area (Å²) in [7, 11) is 1.38. The van der Waals surface area contributed by atoms with Gasteiger partial charge >= 0.3 is 5.97 Å². The molecule has 1 aliphatic heterocycles. The fourth-order valence-corrected chi connectivity index (χ4v) is 2.59. The van der Waals surface area contributed by atoms with Gasteiger partial charge in [-0.1, -0.05) is 24.3 Å². The molecule has 110 valence electrons. The van der Waals surface area contributed by atoms with Gasteiger partial charge < -0.3 is 10.1 Å². The molecule has 0 amide bonds. The zero-order chi connectivity index (χ0) is 14.8. The Kier molecular flexibility index (Phi) is 4.38. The van der Waals surface area contributed by atoms with Gasteiger partial charge in [0.1, 0.15) is 0 Å². The molecule has 1 aromatic carbocycles. The van der Waals surface area contributed by atoms with Crippen molar-refractivity contribution in [3.8, 4) is 0 Å². The Bertz CT molecular complexity index is 468. The zero-order valence-corrected chi connectivity index (χ0v) is 11.7. The van der Waals surface area contributed by atoms with Gasteiger partial charge in [0.25, 0.3) is 5.92 Å². The van der Waals surface area contributed by atoms with Crippen molar-refractivity contribution in [3.63, 3.8) is 0 Å². The smallest absolute Gasteiger partial charge is 0.309 e. The number of methoxy groups -OCH3 is 1. The molecule has 0 aliphatic carbocycles. The molecule has 1 fully saturated rings. The highest BCUT2D eigenvalue weighted by Gasteiger charge is 2.29. The summed E-state index contributed by atoms with van der Waals surface area (Å²) in [4.78, 5) is 11.6. The lowest BCUT2D eigenvalue weighted by Crippen LogP contribution is -2.39. The molecule has 0 unspecified atom stereocenters. The highest BCUT2D eigenvalue weighted by molar-refractivity contribution is 5.72. The van der Waals surface area contributed by atoms with Crippen LogP contribution in [0.3, 0.4) is 0 Å². The van der Waals surface area contributed by atoms with Crippen LogP contribution in [-0.2, 0) is 15.5 Å². The van der Waals surface area contributed by atoms with Crippen molar-refractivity contribution in [3.05, 3.63) is 35.4 Å². The Morgan fingerprint density at radius 3 is 2.50 bits per heavy atom. The number of hydrogen-bond donors (Lipinski definition) is 1. The molecule has 0 aromatic heterocycles. The highest BCUT2D eigenvalue weighted by Crippen LogP contribution is 2.31. The van der Waals surface area contributed by atoms with E-state index in [0.29, 0.717) is 13.0 Å². The van der Waals surface area contributed by atoms with Gasteiger partial charge in [0.05, 0.1) is 13.0 Å². The predicted octanol–water partition coefficient (Wildman–Crippen LogP) is 2.66. The van der Waals surface area contributed by atoms with E-state index in [2.05, 4.69) is 5.32 Å². The van der Waals surface area contributed by atoms with E-state index in [0.717, 1.165) is 19.0 Å². The summed E-state index contributed by atoms with van der Waals surface area (Å²) in [5.41, 5.74) is 0.980. The lowest BCUT2D eigenvalue weighted by molar-refractivity contribution is -0.146. The third-order valence-corrected chi connectivity index (χ3v) is 3.77. The fraction of sp³-hybridized carbons (Fsp3) is 0.533. The number of carbonyl (C=O) groups is 1. The van der Waals surface area contributed by atoms with Crippen LogP contribution in [0, 0.1) is 5.92 Å². The number of ether oxygens (including phenoxy) is 1. The minimum atomic E-state index is -2.82. The Labute approximate surface area is 117 Å². The molecule has 1 N–H and O–H groups in total. The van der Waals surface area contributed by atoms with E-state index >= 15 is 0 Å². The molecule has 0 saturated carbocycles. The van der Waals surface area contributed by atoms with Gasteiger partial charge in [-0.3, -0.25) is 4.79 Å². The third kappa shape index (κ3) is 3.33. The molecule has 0 spiro atoms. The first-order valence-corrected chi connectivity index (χ1v) is 6.68. The monoisotopic (exact) mass is 283 g/mol. The van der Waals surface area contributed by atoms with Crippen LogP contribution in [0.25, 0.3) is 0 Å². The summed E-state index contributed by atoms with van der Waals surface area (Å²) in [5.74, 6) is -3.07. The molecule has 0 bridgehead atoms. The molecule has 20 heavy (non-hydrogen) atoms. The number of nitrogens with one attached hydrogen (secondary N) is 1. The van der Waals surface area contributed by atoms with Gasteiger partial charge in [0.2, 0.25) is 0 Å². The molecule has 3 nitrogen and oxygen atoms in total. The molecule has 0 radical (unpaired) electrons. The van der Waals surface area contributed by atoms with Gasteiger partial charge in [0, 0.05) is 25.6 Å². The predicted molar refractivity (Wildman–Crippen MR) is 71.7 cm³/mol. The van der Waals surface area contributed by atoms with Gasteiger partial charge in [-0.05, 0) is 17.9 Å². The normalized spacial score (nSPS) is 23.4. The second kappa shape index (κ2) is 5.87. The third-order valence-electron chi connectivity index (χ3n) is 3.77. The minimum absolute atomic E-state index is 0.00883. The average Bonchev–Trinajstić information content (AvgIpc) is 2.46. The molecule has 1 heterocycles. The maximum absolute atomic E-state index is 13.2. The number of rotatable bonds is 3. The standard InChI is InChI=1S/C15H19F2NO2/c1-15(16,17)13-5-3-10(4-6-13)11-7-12(9-18-8-11)14(19)20-2/h3-6,11-12,18H,7-9H2,1-2H3/t11-,12+/m0/s1. The number of hydrogen-bond acceptors (Lipinski definition) is 3. The number of halogens is 2. The molecule has 2 rings (SSSR count). The van der Waals surface area contributed by atoms with E-state index in [1.165, 1.54) is 19.2 Å². The van der Waals surface area contributed by atoms with Crippen molar-refractivity contribution < 1.29 is 18.3 Å². The number of alkyl halides is 2. The average molecular weight is 283 g/mol. The van der Waals surface area contributed by atoms with Crippen molar-refractivity contribution in [1.29, 1.82) is 0 Å². The minimum Gasteiger partial charge on any atom is -0.469 e. The van der Waals surface area contributed by atoms with Gasteiger partial charge in [0.15, 0.2) is 0 Å². The Morgan fingerprint density at radius 2 is 1.95 bits per heavy atom. The van der Waals surface area contributed by atoms with Crippen molar-refractivity contribution in [2.45, 2.75) is 25.2 Å². The molecule has 2 atom stereocenters. The van der Waals surface area contributed by atoms with Crippen LogP contribution < -0.4 is 5.32 Å². The SMILES string of the molecule is COC(=O)[C@H]1CNC[C@@H](c2ccc(C(C)(F)F)cc2)C1. The molecule has 1 aromatic rings. The Hall–Kier alpha value is -1.49. The van der Waals surface area contributed by atoms with Gasteiger partial charge in [-0.2, -0.15) is 0 Å². The van der Waals surface area contributed by atoms with Crippen LogP contribution in [0.4, 0.5) is 8.78 Å². The topological polar surface area (TPSA) is 38.3 Å². The number of piperidine rings is 1. The van der Waals surface area contributed by atoms with E-state index in [1.807, 2.05) is 0 Å². The Morgan fingerprint density at radius 1 is 1.30 bits per heavy atom. The maximum Gasteiger partial charge on any atom is 0.309 e. The van der Waals surface area contributed by atoms with Crippen LogP contribution in [0.15, 0.2) is 24.3 Å². The summed E-state index contributed by atoms with van der Waals surface area (Å²) in [6.07, 6.45) is 0.682. The summed E-state index contributed by atoms with van der Waals surface area (Å²) >= 11 is 0. The van der Waals surface area contributed by atoms with E-state index in [4.69, 9.17) is 4.74 Å². The summed E-state index contributed by atoms with van der Waals surface area (Å²) in [6.45, 7) is 2.24. The van der Waals surface area contributed by atoms with Gasteiger partial charge in [-0.25, -0.2) is 8.78 Å².